The number of nitrogens with two attached hydrogens (primary N) is 1. The number of nitrogen functional groups attached to an aromatic ring is 1. The Balaban J connectivity index is 2.52. The third-order valence-corrected chi connectivity index (χ3v) is 4.35. The minimum absolute atomic E-state index is 0.195. The van der Waals surface area contributed by atoms with Crippen molar-refractivity contribution in [2.45, 2.75) is 39.7 Å². The summed E-state index contributed by atoms with van der Waals surface area (Å²) in [4.78, 5) is 14.2. The average molecular weight is 313 g/mol. The summed E-state index contributed by atoms with van der Waals surface area (Å²) in [5.74, 6) is 0.0938. The van der Waals surface area contributed by atoms with E-state index < -0.39 is 0 Å². The van der Waals surface area contributed by atoms with Gasteiger partial charge in [0.2, 0.25) is 0 Å². The Labute approximate surface area is 131 Å². The number of anilines is 2. The SMILES string of the molecule is CCN(CC)CCCC(C)Nc1snc(N)c1C(=O)NC. The smallest absolute Gasteiger partial charge is 0.257 e. The van der Waals surface area contributed by atoms with Crippen molar-refractivity contribution < 1.29 is 4.79 Å². The number of nitrogens with zero attached hydrogens (tertiary/aromatic N) is 2. The van der Waals surface area contributed by atoms with Crippen molar-refractivity contribution in [1.29, 1.82) is 0 Å². The van der Waals surface area contributed by atoms with Crippen molar-refractivity contribution in [3.8, 4) is 0 Å². The van der Waals surface area contributed by atoms with Crippen LogP contribution in [0.2, 0.25) is 0 Å². The summed E-state index contributed by atoms with van der Waals surface area (Å²) in [5, 5.41) is 6.70. The predicted molar refractivity (Wildman–Crippen MR) is 90.0 cm³/mol. The minimum atomic E-state index is -0.195. The van der Waals surface area contributed by atoms with E-state index in [4.69, 9.17) is 5.73 Å². The summed E-state index contributed by atoms with van der Waals surface area (Å²) in [6.07, 6.45) is 2.17. The van der Waals surface area contributed by atoms with Gasteiger partial charge in [0.05, 0.1) is 0 Å². The molecule has 6 nitrogen and oxygen atoms in total. The number of rotatable bonds is 9. The second-order valence-electron chi connectivity index (χ2n) is 5.07. The van der Waals surface area contributed by atoms with Crippen LogP contribution in [0.3, 0.4) is 0 Å². The third kappa shape index (κ3) is 5.17. The molecule has 1 atom stereocenters. The molecule has 1 rings (SSSR count). The van der Waals surface area contributed by atoms with E-state index in [9.17, 15) is 4.79 Å². The molecule has 1 aromatic heterocycles. The van der Waals surface area contributed by atoms with Crippen LogP contribution in [0.5, 0.6) is 0 Å². The largest absolute Gasteiger partial charge is 0.382 e. The highest BCUT2D eigenvalue weighted by atomic mass is 32.1. The minimum Gasteiger partial charge on any atom is -0.382 e. The van der Waals surface area contributed by atoms with Gasteiger partial charge in [-0.1, -0.05) is 13.8 Å². The summed E-state index contributed by atoms with van der Waals surface area (Å²) >= 11 is 1.24. The van der Waals surface area contributed by atoms with Gasteiger partial charge in [-0.15, -0.1) is 0 Å². The molecule has 0 aliphatic carbocycles. The van der Waals surface area contributed by atoms with Crippen molar-refractivity contribution in [1.82, 2.24) is 14.6 Å². The molecule has 1 aromatic rings. The molecule has 1 amide bonds. The zero-order valence-electron chi connectivity index (χ0n) is 13.4. The van der Waals surface area contributed by atoms with Gasteiger partial charge in [0.15, 0.2) is 5.82 Å². The number of hydrogen-bond donors (Lipinski definition) is 3. The van der Waals surface area contributed by atoms with Crippen LogP contribution in [0.25, 0.3) is 0 Å². The summed E-state index contributed by atoms with van der Waals surface area (Å²) in [6.45, 7) is 9.76. The molecule has 0 radical (unpaired) electrons. The van der Waals surface area contributed by atoms with E-state index in [2.05, 4.69) is 40.7 Å². The van der Waals surface area contributed by atoms with Gasteiger partial charge in [-0.2, -0.15) is 4.37 Å². The molecule has 4 N–H and O–H groups in total. The van der Waals surface area contributed by atoms with Crippen molar-refractivity contribution >= 4 is 28.3 Å². The van der Waals surface area contributed by atoms with E-state index in [0.717, 1.165) is 37.5 Å². The van der Waals surface area contributed by atoms with Crippen LogP contribution in [0, 0.1) is 0 Å². The zero-order chi connectivity index (χ0) is 15.8. The molecule has 0 saturated carbocycles. The summed E-state index contributed by atoms with van der Waals surface area (Å²) in [7, 11) is 1.59. The second kappa shape index (κ2) is 8.84. The number of amides is 1. The van der Waals surface area contributed by atoms with E-state index in [-0.39, 0.29) is 17.8 Å². The quantitative estimate of drug-likeness (QED) is 0.649. The van der Waals surface area contributed by atoms with Crippen molar-refractivity contribution in [3.05, 3.63) is 5.56 Å². The maximum atomic E-state index is 11.8. The maximum absolute atomic E-state index is 11.8. The van der Waals surface area contributed by atoms with Crippen molar-refractivity contribution in [2.24, 2.45) is 0 Å². The van der Waals surface area contributed by atoms with Gasteiger partial charge in [0, 0.05) is 13.1 Å². The van der Waals surface area contributed by atoms with Gasteiger partial charge in [0.1, 0.15) is 10.6 Å². The number of nitrogens with one attached hydrogen (secondary N) is 2. The molecular weight excluding hydrogens is 286 g/mol. The van der Waals surface area contributed by atoms with Crippen LogP contribution in [0.4, 0.5) is 10.8 Å². The Morgan fingerprint density at radius 1 is 1.43 bits per heavy atom. The molecule has 0 bridgehead atoms. The molecule has 0 aliphatic heterocycles. The highest BCUT2D eigenvalue weighted by molar-refractivity contribution is 7.11. The molecule has 0 aliphatic rings. The summed E-state index contributed by atoms with van der Waals surface area (Å²) < 4.78 is 4.06. The first kappa shape index (κ1) is 17.7. The first-order chi connectivity index (χ1) is 10.0. The lowest BCUT2D eigenvalue weighted by Crippen LogP contribution is -2.26. The molecule has 0 aromatic carbocycles. The molecular formula is C14H27N5OS. The third-order valence-electron chi connectivity index (χ3n) is 3.56. The first-order valence-electron chi connectivity index (χ1n) is 7.49. The van der Waals surface area contributed by atoms with Gasteiger partial charge in [0.25, 0.3) is 5.91 Å². The lowest BCUT2D eigenvalue weighted by molar-refractivity contribution is 0.0965. The summed E-state index contributed by atoms with van der Waals surface area (Å²) in [5.41, 5.74) is 6.22. The van der Waals surface area contributed by atoms with Crippen LogP contribution in [-0.2, 0) is 0 Å². The number of carbonyl (C=O) groups is 1. The van der Waals surface area contributed by atoms with Gasteiger partial charge in [-0.05, 0) is 50.9 Å². The highest BCUT2D eigenvalue weighted by Gasteiger charge is 2.19. The van der Waals surface area contributed by atoms with Crippen molar-refractivity contribution in [3.63, 3.8) is 0 Å². The molecule has 0 saturated heterocycles. The predicted octanol–water partition coefficient (Wildman–Crippen LogP) is 2.01. The Morgan fingerprint density at radius 3 is 2.67 bits per heavy atom. The monoisotopic (exact) mass is 313 g/mol. The molecule has 0 fully saturated rings. The lowest BCUT2D eigenvalue weighted by Gasteiger charge is -2.20. The number of carbonyl (C=O) groups excluding carboxylic acids is 1. The fourth-order valence-electron chi connectivity index (χ4n) is 2.20. The number of aromatic nitrogens is 1. The van der Waals surface area contributed by atoms with Gasteiger partial charge >= 0.3 is 0 Å². The first-order valence-corrected chi connectivity index (χ1v) is 8.26. The Morgan fingerprint density at radius 2 is 2.10 bits per heavy atom. The number of hydrogen-bond acceptors (Lipinski definition) is 6. The van der Waals surface area contributed by atoms with E-state index in [0.29, 0.717) is 5.56 Å². The Kier molecular flexibility index (Phi) is 7.45. The van der Waals surface area contributed by atoms with Gasteiger partial charge < -0.3 is 21.3 Å². The molecule has 21 heavy (non-hydrogen) atoms. The fraction of sp³-hybridized carbons (Fsp3) is 0.714. The van der Waals surface area contributed by atoms with Crippen LogP contribution < -0.4 is 16.4 Å². The molecule has 0 spiro atoms. The molecule has 120 valence electrons. The van der Waals surface area contributed by atoms with Crippen LogP contribution in [0.1, 0.15) is 44.0 Å². The topological polar surface area (TPSA) is 83.3 Å². The molecule has 1 unspecified atom stereocenters. The highest BCUT2D eigenvalue weighted by Crippen LogP contribution is 2.27. The van der Waals surface area contributed by atoms with E-state index in [1.807, 2.05) is 0 Å². The van der Waals surface area contributed by atoms with E-state index in [1.165, 1.54) is 11.5 Å². The van der Waals surface area contributed by atoms with Gasteiger partial charge in [-0.25, -0.2) is 0 Å². The van der Waals surface area contributed by atoms with E-state index in [1.54, 1.807) is 7.05 Å². The standard InChI is InChI=1S/C14H27N5OS/c1-5-19(6-2)9-7-8-10(3)17-14-11(13(20)16-4)12(15)18-21-14/h10,17H,5-9H2,1-4H3,(H2,15,18)(H,16,20). The van der Waals surface area contributed by atoms with E-state index >= 15 is 0 Å². The molecule has 7 heteroatoms. The summed E-state index contributed by atoms with van der Waals surface area (Å²) in [6, 6.07) is 0.281. The fourth-order valence-corrected chi connectivity index (χ4v) is 3.03. The molecule has 1 heterocycles. The van der Waals surface area contributed by atoms with Crippen molar-refractivity contribution in [2.75, 3.05) is 37.7 Å². The second-order valence-corrected chi connectivity index (χ2v) is 5.84. The zero-order valence-corrected chi connectivity index (χ0v) is 14.2. The lowest BCUT2D eigenvalue weighted by atomic mass is 10.1. The van der Waals surface area contributed by atoms with Gasteiger partial charge in [-0.3, -0.25) is 4.79 Å². The Hall–Kier alpha value is -1.34. The van der Waals surface area contributed by atoms with Crippen LogP contribution in [-0.4, -0.2) is 47.9 Å². The average Bonchev–Trinajstić information content (AvgIpc) is 2.83. The normalized spacial score (nSPS) is 12.4. The maximum Gasteiger partial charge on any atom is 0.257 e. The Bertz CT molecular complexity index is 445. The van der Waals surface area contributed by atoms with Crippen LogP contribution >= 0.6 is 11.5 Å². The van der Waals surface area contributed by atoms with Crippen LogP contribution in [0.15, 0.2) is 0 Å².